The van der Waals surface area contributed by atoms with Gasteiger partial charge in [0.1, 0.15) is 6.04 Å². The summed E-state index contributed by atoms with van der Waals surface area (Å²) in [4.78, 5) is 36.7. The molecule has 4 fully saturated rings. The Morgan fingerprint density at radius 1 is 1.12 bits per heavy atom. The van der Waals surface area contributed by atoms with Gasteiger partial charge in [0.2, 0.25) is 11.8 Å². The van der Waals surface area contributed by atoms with Gasteiger partial charge >= 0.3 is 5.97 Å². The van der Waals surface area contributed by atoms with Gasteiger partial charge in [0.05, 0.1) is 13.0 Å². The van der Waals surface area contributed by atoms with Crippen molar-refractivity contribution in [3.63, 3.8) is 0 Å². The van der Waals surface area contributed by atoms with Crippen molar-refractivity contribution in [2.45, 2.75) is 64.8 Å². The fourth-order valence-corrected chi connectivity index (χ4v) is 5.78. The molecule has 4 aliphatic rings. The van der Waals surface area contributed by atoms with Crippen LogP contribution in [-0.4, -0.2) is 30.4 Å². The van der Waals surface area contributed by atoms with E-state index < -0.39 is 11.9 Å². The number of carbonyl (C=O) groups excluding carboxylic acids is 3. The normalized spacial score (nSPS) is 35.0. The maximum absolute atomic E-state index is 13.1. The Hall–Kier alpha value is -1.59. The lowest BCUT2D eigenvalue weighted by Gasteiger charge is -2.55. The quantitative estimate of drug-likeness (QED) is 0.684. The molecule has 0 spiro atoms. The zero-order valence-electron chi connectivity index (χ0n) is 15.3. The smallest absolute Gasteiger partial charge is 0.306 e. The second kappa shape index (κ2) is 6.96. The van der Waals surface area contributed by atoms with Crippen molar-refractivity contribution in [2.75, 3.05) is 6.61 Å². The molecule has 4 bridgehead atoms. The molecule has 0 radical (unpaired) electrons. The number of carbonyl (C=O) groups is 3. The van der Waals surface area contributed by atoms with Gasteiger partial charge in [-0.3, -0.25) is 14.4 Å². The van der Waals surface area contributed by atoms with Gasteiger partial charge in [-0.15, -0.1) is 0 Å². The molecule has 0 heterocycles. The van der Waals surface area contributed by atoms with E-state index in [-0.39, 0.29) is 29.6 Å². The average Bonchev–Trinajstić information content (AvgIpc) is 2.50. The summed E-state index contributed by atoms with van der Waals surface area (Å²) in [5.74, 6) is 0.587. The Bertz CT molecular complexity index is 524. The zero-order valence-corrected chi connectivity index (χ0v) is 15.3. The summed E-state index contributed by atoms with van der Waals surface area (Å²) in [6, 6.07) is -0.829. The summed E-state index contributed by atoms with van der Waals surface area (Å²) in [5.41, 5.74) is 5.19. The minimum absolute atomic E-state index is 0.0360. The van der Waals surface area contributed by atoms with Crippen molar-refractivity contribution in [3.05, 3.63) is 0 Å². The number of nitrogens with one attached hydrogen (secondary N) is 1. The van der Waals surface area contributed by atoms with Crippen molar-refractivity contribution in [1.29, 1.82) is 0 Å². The molecule has 0 unspecified atom stereocenters. The number of nitrogens with two attached hydrogens (primary N) is 1. The van der Waals surface area contributed by atoms with Gasteiger partial charge in [-0.05, 0) is 69.1 Å². The van der Waals surface area contributed by atoms with E-state index in [2.05, 4.69) is 5.32 Å². The van der Waals surface area contributed by atoms with Gasteiger partial charge in [-0.2, -0.15) is 0 Å². The number of esters is 1. The molecule has 0 saturated heterocycles. The fourth-order valence-electron chi connectivity index (χ4n) is 5.78. The van der Waals surface area contributed by atoms with Crippen LogP contribution >= 0.6 is 0 Å². The van der Waals surface area contributed by atoms with Crippen LogP contribution in [0.2, 0.25) is 0 Å². The van der Waals surface area contributed by atoms with Crippen LogP contribution in [0.1, 0.15) is 58.8 Å². The van der Waals surface area contributed by atoms with E-state index in [1.54, 1.807) is 13.8 Å². The van der Waals surface area contributed by atoms with E-state index in [1.165, 1.54) is 19.3 Å². The maximum atomic E-state index is 13.1. The standard InChI is InChI=1S/C19H30N2O4/c1-3-25-15(22)4-11(2)16(17(20)23)21-18(24)19-8-12-5-13(9-19)7-14(6-12)10-19/h11-14,16H,3-10H2,1-2H3,(H2,20,23)(H,21,24)/t11-,12?,13?,14?,16-,19?/m0/s1. The first-order valence-electron chi connectivity index (χ1n) is 9.59. The van der Waals surface area contributed by atoms with Gasteiger partial charge in [0.15, 0.2) is 0 Å². The highest BCUT2D eigenvalue weighted by atomic mass is 16.5. The number of amides is 2. The Kier molecular flexibility index (Phi) is 5.07. The summed E-state index contributed by atoms with van der Waals surface area (Å²) in [6.07, 6.45) is 6.64. The number of rotatable bonds is 7. The molecule has 0 aromatic rings. The Labute approximate surface area is 149 Å². The SMILES string of the molecule is CCOC(=O)C[C@H](C)[C@H](NC(=O)C12CC3CC(CC(C3)C1)C2)C(N)=O. The highest BCUT2D eigenvalue weighted by molar-refractivity contribution is 5.90. The Balaban J connectivity index is 1.67. The van der Waals surface area contributed by atoms with E-state index in [4.69, 9.17) is 10.5 Å². The predicted octanol–water partition coefficient (Wildman–Crippen LogP) is 1.76. The number of hydrogen-bond acceptors (Lipinski definition) is 4. The third-order valence-corrected chi connectivity index (χ3v) is 6.48. The van der Waals surface area contributed by atoms with Crippen molar-refractivity contribution in [2.24, 2.45) is 34.8 Å². The molecule has 140 valence electrons. The summed E-state index contributed by atoms with van der Waals surface area (Å²) < 4.78 is 4.94. The molecule has 0 aromatic heterocycles. The summed E-state index contributed by atoms with van der Waals surface area (Å²) in [6.45, 7) is 3.79. The number of ether oxygens (including phenoxy) is 1. The number of hydrogen-bond donors (Lipinski definition) is 2. The van der Waals surface area contributed by atoms with Gasteiger partial charge in [0.25, 0.3) is 0 Å². The lowest BCUT2D eigenvalue weighted by Crippen LogP contribution is -2.58. The van der Waals surface area contributed by atoms with Gasteiger partial charge < -0.3 is 15.8 Å². The maximum Gasteiger partial charge on any atom is 0.306 e. The van der Waals surface area contributed by atoms with Crippen LogP contribution in [0.25, 0.3) is 0 Å². The molecule has 25 heavy (non-hydrogen) atoms. The van der Waals surface area contributed by atoms with Gasteiger partial charge in [0, 0.05) is 5.41 Å². The molecule has 6 heteroatoms. The van der Waals surface area contributed by atoms with E-state index in [1.807, 2.05) is 0 Å². The zero-order chi connectivity index (χ0) is 18.2. The molecule has 3 N–H and O–H groups in total. The summed E-state index contributed by atoms with van der Waals surface area (Å²) >= 11 is 0. The first-order valence-corrected chi connectivity index (χ1v) is 9.59. The molecule has 4 aliphatic carbocycles. The molecule has 2 amide bonds. The van der Waals surface area contributed by atoms with Crippen LogP contribution in [0, 0.1) is 29.1 Å². The first-order chi connectivity index (χ1) is 11.8. The monoisotopic (exact) mass is 350 g/mol. The minimum atomic E-state index is -0.829. The highest BCUT2D eigenvalue weighted by Gasteiger charge is 2.55. The minimum Gasteiger partial charge on any atom is -0.466 e. The molecule has 4 saturated carbocycles. The van der Waals surface area contributed by atoms with Crippen molar-refractivity contribution in [1.82, 2.24) is 5.32 Å². The van der Waals surface area contributed by atoms with Crippen LogP contribution in [0.3, 0.4) is 0 Å². The second-order valence-corrected chi connectivity index (χ2v) is 8.54. The third-order valence-electron chi connectivity index (χ3n) is 6.48. The lowest BCUT2D eigenvalue weighted by atomic mass is 9.49. The molecule has 0 aliphatic heterocycles. The molecule has 4 rings (SSSR count). The van der Waals surface area contributed by atoms with Gasteiger partial charge in [-0.1, -0.05) is 6.92 Å². The van der Waals surface area contributed by atoms with E-state index in [0.29, 0.717) is 24.4 Å². The van der Waals surface area contributed by atoms with Crippen LogP contribution in [-0.2, 0) is 19.1 Å². The topological polar surface area (TPSA) is 98.5 Å². The first kappa shape index (κ1) is 18.2. The highest BCUT2D eigenvalue weighted by Crippen LogP contribution is 2.60. The Morgan fingerprint density at radius 2 is 1.64 bits per heavy atom. The van der Waals surface area contributed by atoms with Crippen molar-refractivity contribution < 1.29 is 19.1 Å². The average molecular weight is 350 g/mol. The third kappa shape index (κ3) is 3.67. The summed E-state index contributed by atoms with van der Waals surface area (Å²) in [5, 5.41) is 2.90. The molecular weight excluding hydrogens is 320 g/mol. The van der Waals surface area contributed by atoms with Crippen molar-refractivity contribution in [3.8, 4) is 0 Å². The van der Waals surface area contributed by atoms with E-state index in [9.17, 15) is 14.4 Å². The molecule has 2 atom stereocenters. The molecular formula is C19H30N2O4. The Morgan fingerprint density at radius 3 is 2.08 bits per heavy atom. The fraction of sp³-hybridized carbons (Fsp3) is 0.842. The summed E-state index contributed by atoms with van der Waals surface area (Å²) in [7, 11) is 0. The van der Waals surface area contributed by atoms with Crippen LogP contribution < -0.4 is 11.1 Å². The van der Waals surface area contributed by atoms with Crippen LogP contribution in [0.5, 0.6) is 0 Å². The van der Waals surface area contributed by atoms with Crippen LogP contribution in [0.15, 0.2) is 0 Å². The van der Waals surface area contributed by atoms with E-state index >= 15 is 0 Å². The van der Waals surface area contributed by atoms with E-state index in [0.717, 1.165) is 19.3 Å². The predicted molar refractivity (Wildman–Crippen MR) is 92.1 cm³/mol. The van der Waals surface area contributed by atoms with Crippen molar-refractivity contribution >= 4 is 17.8 Å². The second-order valence-electron chi connectivity index (χ2n) is 8.54. The molecule has 0 aromatic carbocycles. The van der Waals surface area contributed by atoms with Gasteiger partial charge in [-0.25, -0.2) is 0 Å². The number of primary amides is 1. The lowest BCUT2D eigenvalue weighted by molar-refractivity contribution is -0.150. The van der Waals surface area contributed by atoms with Crippen LogP contribution in [0.4, 0.5) is 0 Å². The molecule has 6 nitrogen and oxygen atoms in total. The largest absolute Gasteiger partial charge is 0.466 e.